The Morgan fingerprint density at radius 3 is 1.30 bits per heavy atom. The molecule has 2 aromatic rings. The molecule has 0 unspecified atom stereocenters. The number of aryl methyl sites for hydroxylation is 2. The van der Waals surface area contributed by atoms with E-state index in [0.717, 1.165) is 4.48 Å². The fourth-order valence-electron chi connectivity index (χ4n) is 6.52. The highest BCUT2D eigenvalue weighted by atomic mass is 15.3. The average molecular weight is 609 g/mol. The smallest absolute Gasteiger partial charge is 0.0780 e. The van der Waals surface area contributed by atoms with Crippen LogP contribution in [0, 0.1) is 0 Å². The third-order valence-corrected chi connectivity index (χ3v) is 9.40. The summed E-state index contributed by atoms with van der Waals surface area (Å²) in [6, 6.07) is 13.8. The molecule has 0 saturated heterocycles. The van der Waals surface area contributed by atoms with E-state index in [9.17, 15) is 0 Å². The van der Waals surface area contributed by atoms with Gasteiger partial charge in [-0.05, 0) is 60.4 Å². The van der Waals surface area contributed by atoms with Crippen molar-refractivity contribution in [2.75, 3.05) is 27.7 Å². The van der Waals surface area contributed by atoms with E-state index in [-0.39, 0.29) is 0 Å². The first-order chi connectivity index (χ1) is 21.4. The molecule has 0 aliphatic rings. The van der Waals surface area contributed by atoms with Gasteiger partial charge < -0.3 is 4.48 Å². The predicted octanol–water partition coefficient (Wildman–Crippen LogP) is 14.0. The Bertz CT molecular complexity index is 891. The first-order valence-electron chi connectivity index (χ1n) is 19.7. The van der Waals surface area contributed by atoms with E-state index >= 15 is 0 Å². The normalized spacial score (nSPS) is 11.6. The van der Waals surface area contributed by atoms with Crippen LogP contribution in [0.5, 0.6) is 0 Å². The number of fused-ring (bicyclic) bond motifs is 1. The van der Waals surface area contributed by atoms with E-state index in [2.05, 4.69) is 78.3 Å². The summed E-state index contributed by atoms with van der Waals surface area (Å²) in [7, 11) is 6.86. The van der Waals surface area contributed by atoms with Crippen LogP contribution in [0.2, 0.25) is 0 Å². The maximum atomic E-state index is 2.43. The zero-order chi connectivity index (χ0) is 32.1. The molecule has 44 heavy (non-hydrogen) atoms. The van der Waals surface area contributed by atoms with Crippen molar-refractivity contribution in [3.05, 3.63) is 47.5 Å². The molecular weight excluding hydrogens is 530 g/mol. The van der Waals surface area contributed by atoms with Crippen molar-refractivity contribution < 1.29 is 4.48 Å². The van der Waals surface area contributed by atoms with Gasteiger partial charge in [0.1, 0.15) is 0 Å². The highest BCUT2D eigenvalue weighted by molar-refractivity contribution is 5.86. The minimum absolute atomic E-state index is 1.12. The van der Waals surface area contributed by atoms with E-state index in [0.29, 0.717) is 0 Å². The Morgan fingerprint density at radius 2 is 0.818 bits per heavy atom. The molecule has 0 aliphatic heterocycles. The maximum absolute atomic E-state index is 2.43. The van der Waals surface area contributed by atoms with Gasteiger partial charge in [0.05, 0.1) is 27.7 Å². The number of quaternary nitrogens is 1. The Hall–Kier alpha value is -1.34. The van der Waals surface area contributed by atoms with Crippen molar-refractivity contribution in [3.8, 4) is 0 Å². The molecule has 0 aromatic heterocycles. The molecule has 0 amide bonds. The third-order valence-electron chi connectivity index (χ3n) is 9.40. The summed E-state index contributed by atoms with van der Waals surface area (Å²) in [5.74, 6) is 0. The predicted molar refractivity (Wildman–Crippen MR) is 202 cm³/mol. The van der Waals surface area contributed by atoms with Gasteiger partial charge in [0.25, 0.3) is 0 Å². The van der Waals surface area contributed by atoms with Gasteiger partial charge in [0.15, 0.2) is 0 Å². The number of hydrogen-bond acceptors (Lipinski definition) is 0. The van der Waals surface area contributed by atoms with E-state index in [1.807, 2.05) is 0 Å². The molecule has 0 bridgehead atoms. The molecule has 1 nitrogen and oxygen atoms in total. The van der Waals surface area contributed by atoms with Crippen molar-refractivity contribution in [1.82, 2.24) is 0 Å². The van der Waals surface area contributed by atoms with Crippen molar-refractivity contribution in [2.45, 2.75) is 188 Å². The maximum Gasteiger partial charge on any atom is 0.0780 e. The summed E-state index contributed by atoms with van der Waals surface area (Å²) >= 11 is 0. The lowest BCUT2D eigenvalue weighted by Gasteiger charge is -2.23. The molecule has 0 fully saturated rings. The zero-order valence-electron chi connectivity index (χ0n) is 31.0. The van der Waals surface area contributed by atoms with Crippen molar-refractivity contribution in [1.29, 1.82) is 0 Å². The number of hydrogen-bond donors (Lipinski definition) is 0. The topological polar surface area (TPSA) is 0 Å². The summed E-state index contributed by atoms with van der Waals surface area (Å²) in [6.07, 6.45) is 36.5. The minimum Gasteiger partial charge on any atom is -0.331 e. The second kappa shape index (κ2) is 27.9. The van der Waals surface area contributed by atoms with Gasteiger partial charge in [-0.15, -0.1) is 0 Å². The molecule has 0 saturated carbocycles. The Balaban J connectivity index is 0.000000517. The van der Waals surface area contributed by atoms with Crippen LogP contribution < -0.4 is 0 Å². The summed E-state index contributed by atoms with van der Waals surface area (Å²) in [5.41, 5.74) is 3.27. The fraction of sp³-hybridized carbons (Fsp3) is 0.767. The van der Waals surface area contributed by atoms with Crippen LogP contribution in [0.1, 0.15) is 186 Å². The molecule has 0 radical (unpaired) electrons. The lowest BCUT2D eigenvalue weighted by atomic mass is 9.91. The van der Waals surface area contributed by atoms with Crippen LogP contribution in [-0.2, 0) is 12.8 Å². The van der Waals surface area contributed by atoms with Crippen molar-refractivity contribution in [3.63, 3.8) is 0 Å². The molecular formula is C43H78N+. The van der Waals surface area contributed by atoms with Gasteiger partial charge >= 0.3 is 0 Å². The van der Waals surface area contributed by atoms with Gasteiger partial charge in [-0.2, -0.15) is 0 Å². The first kappa shape index (κ1) is 40.7. The molecule has 0 spiro atoms. The molecule has 1 heteroatoms. The molecule has 0 aliphatic carbocycles. The van der Waals surface area contributed by atoms with Crippen LogP contribution in [0.15, 0.2) is 36.4 Å². The molecule has 2 aromatic carbocycles. The van der Waals surface area contributed by atoms with Gasteiger partial charge in [-0.1, -0.05) is 186 Å². The minimum atomic E-state index is 1.12. The first-order valence-corrected chi connectivity index (χ1v) is 19.7. The lowest BCUT2D eigenvalue weighted by Crippen LogP contribution is -2.35. The van der Waals surface area contributed by atoms with Crippen LogP contribution >= 0.6 is 0 Å². The van der Waals surface area contributed by atoms with Crippen LogP contribution in [0.4, 0.5) is 0 Å². The highest BCUT2D eigenvalue weighted by Gasteiger charge is 2.08. The Morgan fingerprint density at radius 1 is 0.409 bits per heavy atom. The molecule has 0 atom stereocenters. The molecule has 2 rings (SSSR count). The Labute approximate surface area is 277 Å². The molecule has 0 N–H and O–H groups in total. The number of benzene rings is 2. The van der Waals surface area contributed by atoms with Crippen LogP contribution in [0.3, 0.4) is 0 Å². The summed E-state index contributed by atoms with van der Waals surface area (Å²) in [4.78, 5) is 0. The Kier molecular flexibility index (Phi) is 25.8. The van der Waals surface area contributed by atoms with Gasteiger partial charge in [-0.25, -0.2) is 0 Å². The van der Waals surface area contributed by atoms with E-state index < -0.39 is 0 Å². The lowest BCUT2D eigenvalue weighted by molar-refractivity contribution is -0.870. The summed E-state index contributed by atoms with van der Waals surface area (Å²) in [5, 5.41) is 2.93. The van der Waals surface area contributed by atoms with Gasteiger partial charge in [0, 0.05) is 0 Å². The second-order valence-corrected chi connectivity index (χ2v) is 14.9. The van der Waals surface area contributed by atoms with E-state index in [1.54, 1.807) is 11.1 Å². The standard InChI is InChI=1S/C28H44.C15H34N/c1-3-5-7-9-11-13-15-19-25-23-24-26-20-17-18-22-28(26)27(25)21-16-14-12-10-8-6-4-2;1-5-6-7-8-9-10-11-12-13-14-15-16(2,3)4/h17-18,20,22-24H,3-16,19,21H2,1-2H3;5-15H2,1-4H3/q;+1. The SMILES string of the molecule is CCCCCCCCCCCC[N+](C)(C)C.CCCCCCCCCc1ccc2ccccc2c1CCCCCCCCC. The van der Waals surface area contributed by atoms with Crippen molar-refractivity contribution >= 4 is 10.8 Å². The monoisotopic (exact) mass is 609 g/mol. The van der Waals surface area contributed by atoms with Gasteiger partial charge in [0.2, 0.25) is 0 Å². The van der Waals surface area contributed by atoms with E-state index in [4.69, 9.17) is 0 Å². The summed E-state index contributed by atoms with van der Waals surface area (Å²) < 4.78 is 1.12. The van der Waals surface area contributed by atoms with E-state index in [1.165, 1.54) is 184 Å². The van der Waals surface area contributed by atoms with Crippen LogP contribution in [-0.4, -0.2) is 32.2 Å². The van der Waals surface area contributed by atoms with Crippen molar-refractivity contribution in [2.24, 2.45) is 0 Å². The third kappa shape index (κ3) is 22.2. The quantitative estimate of drug-likeness (QED) is 0.0699. The van der Waals surface area contributed by atoms with Gasteiger partial charge in [-0.3, -0.25) is 0 Å². The largest absolute Gasteiger partial charge is 0.331 e. The number of unbranched alkanes of at least 4 members (excludes halogenated alkanes) is 21. The number of nitrogens with zero attached hydrogens (tertiary/aromatic N) is 1. The molecule has 254 valence electrons. The summed E-state index contributed by atoms with van der Waals surface area (Å²) in [6.45, 7) is 8.21. The number of rotatable bonds is 27. The second-order valence-electron chi connectivity index (χ2n) is 14.9. The van der Waals surface area contributed by atoms with Crippen LogP contribution in [0.25, 0.3) is 10.8 Å². The highest BCUT2D eigenvalue weighted by Crippen LogP contribution is 2.26. The molecule has 0 heterocycles. The zero-order valence-corrected chi connectivity index (χ0v) is 31.0. The average Bonchev–Trinajstić information content (AvgIpc) is 3.01. The fourth-order valence-corrected chi connectivity index (χ4v) is 6.52.